The third kappa shape index (κ3) is 2.47. The SMILES string of the molecule is O=[N+]([O-])C=C1NCCN1Cc1cccnc1. The van der Waals surface area contributed by atoms with Crippen molar-refractivity contribution in [2.75, 3.05) is 13.1 Å². The monoisotopic (exact) mass is 220 g/mol. The molecule has 6 nitrogen and oxygen atoms in total. The molecule has 2 rings (SSSR count). The van der Waals surface area contributed by atoms with E-state index in [0.29, 0.717) is 12.4 Å². The molecule has 0 unspecified atom stereocenters. The summed E-state index contributed by atoms with van der Waals surface area (Å²) in [7, 11) is 0. The van der Waals surface area contributed by atoms with Gasteiger partial charge >= 0.3 is 0 Å². The summed E-state index contributed by atoms with van der Waals surface area (Å²) < 4.78 is 0. The Balaban J connectivity index is 2.07. The lowest BCUT2D eigenvalue weighted by Crippen LogP contribution is -2.20. The molecule has 6 heteroatoms. The van der Waals surface area contributed by atoms with Gasteiger partial charge in [0.25, 0.3) is 6.20 Å². The van der Waals surface area contributed by atoms with E-state index in [1.807, 2.05) is 17.0 Å². The molecule has 0 atom stereocenters. The highest BCUT2D eigenvalue weighted by atomic mass is 16.6. The second-order valence-corrected chi connectivity index (χ2v) is 3.51. The lowest BCUT2D eigenvalue weighted by molar-refractivity contribution is -0.404. The molecule has 1 saturated heterocycles. The molecule has 0 aliphatic carbocycles. The van der Waals surface area contributed by atoms with Crippen molar-refractivity contribution in [1.82, 2.24) is 15.2 Å². The molecule has 1 N–H and O–H groups in total. The van der Waals surface area contributed by atoms with Crippen molar-refractivity contribution in [3.8, 4) is 0 Å². The Hall–Kier alpha value is -2.11. The molecule has 2 heterocycles. The first-order valence-electron chi connectivity index (χ1n) is 4.99. The van der Waals surface area contributed by atoms with Crippen LogP contribution in [0.25, 0.3) is 0 Å². The fraction of sp³-hybridized carbons (Fsp3) is 0.300. The summed E-state index contributed by atoms with van der Waals surface area (Å²) in [5.74, 6) is 0.564. The molecule has 0 spiro atoms. The Kier molecular flexibility index (Phi) is 3.00. The number of aromatic nitrogens is 1. The molecule has 1 aromatic rings. The predicted molar refractivity (Wildman–Crippen MR) is 57.7 cm³/mol. The van der Waals surface area contributed by atoms with Crippen molar-refractivity contribution >= 4 is 0 Å². The highest BCUT2D eigenvalue weighted by Gasteiger charge is 2.19. The summed E-state index contributed by atoms with van der Waals surface area (Å²) in [4.78, 5) is 15.9. The third-order valence-corrected chi connectivity index (χ3v) is 2.35. The lowest BCUT2D eigenvalue weighted by atomic mass is 10.3. The van der Waals surface area contributed by atoms with Crippen molar-refractivity contribution in [3.05, 3.63) is 52.2 Å². The van der Waals surface area contributed by atoms with E-state index in [4.69, 9.17) is 0 Å². The minimum atomic E-state index is -0.441. The van der Waals surface area contributed by atoms with Crippen LogP contribution in [0.4, 0.5) is 0 Å². The van der Waals surface area contributed by atoms with Gasteiger partial charge in [0.1, 0.15) is 0 Å². The number of pyridine rings is 1. The molecule has 0 amide bonds. The van der Waals surface area contributed by atoms with Crippen LogP contribution >= 0.6 is 0 Å². The molecule has 0 saturated carbocycles. The van der Waals surface area contributed by atoms with Crippen LogP contribution in [0.15, 0.2) is 36.5 Å². The summed E-state index contributed by atoms with van der Waals surface area (Å²) in [6.07, 6.45) is 4.48. The van der Waals surface area contributed by atoms with E-state index in [1.54, 1.807) is 12.4 Å². The topological polar surface area (TPSA) is 71.3 Å². The molecule has 0 aromatic carbocycles. The number of rotatable bonds is 3. The Morgan fingerprint density at radius 3 is 3.25 bits per heavy atom. The largest absolute Gasteiger partial charge is 0.365 e. The standard InChI is InChI=1S/C10H12N4O2/c15-14(16)8-10-12-4-5-13(10)7-9-2-1-3-11-6-9/h1-3,6,8,12H,4-5,7H2. The van der Waals surface area contributed by atoms with Gasteiger partial charge in [-0.25, -0.2) is 0 Å². The Morgan fingerprint density at radius 2 is 2.56 bits per heavy atom. The summed E-state index contributed by atoms with van der Waals surface area (Å²) in [6.45, 7) is 2.15. The molecule has 1 fully saturated rings. The minimum absolute atomic E-state index is 0.441. The van der Waals surface area contributed by atoms with E-state index in [0.717, 1.165) is 24.9 Å². The van der Waals surface area contributed by atoms with Gasteiger partial charge in [0.15, 0.2) is 5.82 Å². The first-order chi connectivity index (χ1) is 7.75. The lowest BCUT2D eigenvalue weighted by Gasteiger charge is -2.16. The molecule has 84 valence electrons. The first-order valence-corrected chi connectivity index (χ1v) is 4.99. The van der Waals surface area contributed by atoms with Crippen LogP contribution in [0.2, 0.25) is 0 Å². The van der Waals surface area contributed by atoms with Crippen molar-refractivity contribution in [3.63, 3.8) is 0 Å². The van der Waals surface area contributed by atoms with Crippen LogP contribution in [0.3, 0.4) is 0 Å². The number of hydrogen-bond donors (Lipinski definition) is 1. The fourth-order valence-electron chi connectivity index (χ4n) is 1.65. The fourth-order valence-corrected chi connectivity index (χ4v) is 1.65. The van der Waals surface area contributed by atoms with Crippen molar-refractivity contribution in [2.24, 2.45) is 0 Å². The minimum Gasteiger partial charge on any atom is -0.365 e. The van der Waals surface area contributed by atoms with E-state index in [1.165, 1.54) is 0 Å². The van der Waals surface area contributed by atoms with Gasteiger partial charge in [-0.1, -0.05) is 6.07 Å². The molecule has 16 heavy (non-hydrogen) atoms. The van der Waals surface area contributed by atoms with Gasteiger partial charge in [0.05, 0.1) is 4.92 Å². The second kappa shape index (κ2) is 4.61. The molecular weight excluding hydrogens is 208 g/mol. The molecular formula is C10H12N4O2. The maximum Gasteiger partial charge on any atom is 0.274 e. The van der Waals surface area contributed by atoms with Crippen LogP contribution in [-0.4, -0.2) is 27.9 Å². The maximum atomic E-state index is 10.4. The summed E-state index contributed by atoms with van der Waals surface area (Å²) >= 11 is 0. The van der Waals surface area contributed by atoms with E-state index >= 15 is 0 Å². The summed E-state index contributed by atoms with van der Waals surface area (Å²) in [5, 5.41) is 13.4. The van der Waals surface area contributed by atoms with Crippen molar-refractivity contribution < 1.29 is 4.92 Å². The summed E-state index contributed by atoms with van der Waals surface area (Å²) in [5.41, 5.74) is 1.04. The molecule has 1 aliphatic rings. The zero-order chi connectivity index (χ0) is 11.4. The van der Waals surface area contributed by atoms with Gasteiger partial charge in [-0.05, 0) is 11.6 Å². The molecule has 0 bridgehead atoms. The van der Waals surface area contributed by atoms with Gasteiger partial charge in [-0.2, -0.15) is 0 Å². The van der Waals surface area contributed by atoms with E-state index in [-0.39, 0.29) is 0 Å². The number of nitrogens with zero attached hydrogens (tertiary/aromatic N) is 3. The van der Waals surface area contributed by atoms with E-state index in [9.17, 15) is 10.1 Å². The number of hydrogen-bond acceptors (Lipinski definition) is 5. The van der Waals surface area contributed by atoms with E-state index < -0.39 is 4.92 Å². The zero-order valence-corrected chi connectivity index (χ0v) is 8.67. The second-order valence-electron chi connectivity index (χ2n) is 3.51. The Labute approximate surface area is 92.7 Å². The van der Waals surface area contributed by atoms with Crippen LogP contribution in [0.5, 0.6) is 0 Å². The average Bonchev–Trinajstić information content (AvgIpc) is 2.66. The average molecular weight is 220 g/mol. The predicted octanol–water partition coefficient (Wildman–Crippen LogP) is 0.562. The van der Waals surface area contributed by atoms with E-state index in [2.05, 4.69) is 10.3 Å². The van der Waals surface area contributed by atoms with Crippen LogP contribution in [0, 0.1) is 10.1 Å². The van der Waals surface area contributed by atoms with Gasteiger partial charge in [-0.3, -0.25) is 15.1 Å². The molecule has 0 radical (unpaired) electrons. The first kappa shape index (κ1) is 10.4. The highest BCUT2D eigenvalue weighted by molar-refractivity contribution is 5.11. The number of nitro groups is 1. The van der Waals surface area contributed by atoms with Gasteiger partial charge in [0.2, 0.25) is 0 Å². The van der Waals surface area contributed by atoms with Crippen LogP contribution < -0.4 is 5.32 Å². The van der Waals surface area contributed by atoms with Crippen molar-refractivity contribution in [1.29, 1.82) is 0 Å². The maximum absolute atomic E-state index is 10.4. The molecule has 1 aliphatic heterocycles. The van der Waals surface area contributed by atoms with Gasteiger partial charge in [-0.15, -0.1) is 0 Å². The number of nitrogens with one attached hydrogen (secondary N) is 1. The normalized spacial score (nSPS) is 17.5. The summed E-state index contributed by atoms with van der Waals surface area (Å²) in [6, 6.07) is 3.81. The molecule has 1 aromatic heterocycles. The quantitative estimate of drug-likeness (QED) is 0.595. The Bertz CT molecular complexity index is 405. The van der Waals surface area contributed by atoms with Gasteiger partial charge < -0.3 is 10.2 Å². The van der Waals surface area contributed by atoms with Gasteiger partial charge in [0, 0.05) is 32.0 Å². The van der Waals surface area contributed by atoms with Crippen molar-refractivity contribution in [2.45, 2.75) is 6.54 Å². The highest BCUT2D eigenvalue weighted by Crippen LogP contribution is 2.11. The van der Waals surface area contributed by atoms with Crippen LogP contribution in [0.1, 0.15) is 5.56 Å². The third-order valence-electron chi connectivity index (χ3n) is 2.35. The van der Waals surface area contributed by atoms with Crippen LogP contribution in [-0.2, 0) is 6.54 Å². The zero-order valence-electron chi connectivity index (χ0n) is 8.67. The Morgan fingerprint density at radius 1 is 1.69 bits per heavy atom. The smallest absolute Gasteiger partial charge is 0.274 e.